The van der Waals surface area contributed by atoms with Crippen LogP contribution in [0.5, 0.6) is 11.5 Å². The zero-order valence-electron chi connectivity index (χ0n) is 10.8. The van der Waals surface area contributed by atoms with E-state index < -0.39 is 5.97 Å². The van der Waals surface area contributed by atoms with Crippen LogP contribution in [0, 0.1) is 0 Å². The Balaban J connectivity index is 1.98. The third kappa shape index (κ3) is 1.72. The van der Waals surface area contributed by atoms with E-state index in [2.05, 4.69) is 5.16 Å². The van der Waals surface area contributed by atoms with Crippen LogP contribution in [0.1, 0.15) is 21.7 Å². The maximum absolute atomic E-state index is 11.0. The summed E-state index contributed by atoms with van der Waals surface area (Å²) in [5, 5.41) is 13.4. The van der Waals surface area contributed by atoms with E-state index in [0.717, 1.165) is 16.7 Å². The highest BCUT2D eigenvalue weighted by molar-refractivity contribution is 6.33. The van der Waals surface area contributed by atoms with Crippen molar-refractivity contribution in [2.45, 2.75) is 12.8 Å². The third-order valence-corrected chi connectivity index (χ3v) is 4.12. The topological polar surface area (TPSA) is 81.8 Å². The second-order valence-corrected chi connectivity index (χ2v) is 5.26. The highest BCUT2D eigenvalue weighted by atomic mass is 35.5. The molecule has 0 atom stereocenters. The minimum Gasteiger partial charge on any atom is -0.492 e. The van der Waals surface area contributed by atoms with E-state index >= 15 is 0 Å². The van der Waals surface area contributed by atoms with Crippen molar-refractivity contribution in [3.05, 3.63) is 28.0 Å². The molecular weight excluding hydrogens is 298 g/mol. The number of carboxylic acids is 1. The van der Waals surface area contributed by atoms with E-state index in [1.54, 1.807) is 0 Å². The van der Waals surface area contributed by atoms with Crippen molar-refractivity contribution in [3.8, 4) is 22.8 Å². The molecule has 1 N–H and O–H groups in total. The Bertz CT molecular complexity index is 732. The Hall–Kier alpha value is -2.21. The van der Waals surface area contributed by atoms with E-state index in [0.29, 0.717) is 48.3 Å². The van der Waals surface area contributed by atoms with Crippen molar-refractivity contribution < 1.29 is 23.9 Å². The highest BCUT2D eigenvalue weighted by Gasteiger charge is 2.33. The quantitative estimate of drug-likeness (QED) is 0.918. The first-order valence-corrected chi connectivity index (χ1v) is 6.88. The van der Waals surface area contributed by atoms with E-state index in [-0.39, 0.29) is 5.76 Å². The van der Waals surface area contributed by atoms with E-state index in [4.69, 9.17) is 30.7 Å². The van der Waals surface area contributed by atoms with Gasteiger partial charge in [-0.15, -0.1) is 0 Å². The predicted molar refractivity (Wildman–Crippen MR) is 72.3 cm³/mol. The number of fused-ring (bicyclic) bond motifs is 2. The van der Waals surface area contributed by atoms with Gasteiger partial charge >= 0.3 is 5.97 Å². The molecule has 3 heterocycles. The molecule has 0 saturated carbocycles. The van der Waals surface area contributed by atoms with E-state index in [9.17, 15) is 4.79 Å². The summed E-state index contributed by atoms with van der Waals surface area (Å²) in [4.78, 5) is 11.0. The number of ether oxygens (including phenoxy) is 2. The lowest BCUT2D eigenvalue weighted by atomic mass is 9.97. The normalized spacial score (nSPS) is 15.3. The number of halogens is 1. The van der Waals surface area contributed by atoms with Crippen molar-refractivity contribution in [2.24, 2.45) is 0 Å². The average Bonchev–Trinajstić information content (AvgIpc) is 3.19. The minimum atomic E-state index is -1.16. The van der Waals surface area contributed by atoms with Gasteiger partial charge in [-0.05, 0) is 0 Å². The number of nitrogens with zero attached hydrogens (tertiary/aromatic N) is 1. The molecule has 2 aliphatic heterocycles. The molecule has 4 rings (SSSR count). The van der Waals surface area contributed by atoms with Gasteiger partial charge in [0.2, 0.25) is 5.76 Å². The highest BCUT2D eigenvalue weighted by Crippen LogP contribution is 2.50. The molecule has 7 heteroatoms. The number of benzene rings is 1. The van der Waals surface area contributed by atoms with Gasteiger partial charge in [0, 0.05) is 30.0 Å². The first-order valence-electron chi connectivity index (χ1n) is 6.50. The zero-order valence-corrected chi connectivity index (χ0v) is 11.6. The van der Waals surface area contributed by atoms with Gasteiger partial charge in [0.1, 0.15) is 17.2 Å². The molecule has 0 spiro atoms. The summed E-state index contributed by atoms with van der Waals surface area (Å²) >= 11 is 6.37. The molecular formula is C14H10ClNO5. The Morgan fingerprint density at radius 2 is 1.90 bits per heavy atom. The van der Waals surface area contributed by atoms with Gasteiger partial charge in [0.25, 0.3) is 0 Å². The van der Waals surface area contributed by atoms with Crippen LogP contribution in [0.2, 0.25) is 5.02 Å². The van der Waals surface area contributed by atoms with E-state index in [1.807, 2.05) is 0 Å². The summed E-state index contributed by atoms with van der Waals surface area (Å²) in [5.74, 6) is -0.0576. The van der Waals surface area contributed by atoms with Crippen LogP contribution in [-0.4, -0.2) is 29.4 Å². The number of carbonyl (C=O) groups is 1. The van der Waals surface area contributed by atoms with Crippen LogP contribution in [0.25, 0.3) is 11.3 Å². The van der Waals surface area contributed by atoms with Crippen LogP contribution in [0.15, 0.2) is 10.6 Å². The monoisotopic (exact) mass is 307 g/mol. The van der Waals surface area contributed by atoms with Crippen LogP contribution < -0.4 is 9.47 Å². The smallest absolute Gasteiger partial charge is 0.374 e. The Kier molecular flexibility index (Phi) is 2.62. The Morgan fingerprint density at radius 3 is 2.62 bits per heavy atom. The molecule has 0 fully saturated rings. The number of hydrogen-bond donors (Lipinski definition) is 1. The van der Waals surface area contributed by atoms with Gasteiger partial charge < -0.3 is 19.1 Å². The Labute approximate surface area is 124 Å². The van der Waals surface area contributed by atoms with Crippen LogP contribution in [0.3, 0.4) is 0 Å². The van der Waals surface area contributed by atoms with Gasteiger partial charge in [-0.25, -0.2) is 4.79 Å². The fourth-order valence-electron chi connectivity index (χ4n) is 2.82. The second-order valence-electron chi connectivity index (χ2n) is 4.88. The first-order chi connectivity index (χ1) is 10.2. The standard InChI is InChI=1S/C14H10ClNO5/c15-11-7-2-4-19-12(7)10(6-1-3-20-13(6)11)8-5-9(14(17)18)21-16-8/h5H,1-4H2,(H,17,18). The molecule has 108 valence electrons. The predicted octanol–water partition coefficient (Wildman–Crippen LogP) is 2.56. The van der Waals surface area contributed by atoms with Gasteiger partial charge in [0.15, 0.2) is 0 Å². The van der Waals surface area contributed by atoms with Crippen molar-refractivity contribution in [2.75, 3.05) is 13.2 Å². The molecule has 6 nitrogen and oxygen atoms in total. The van der Waals surface area contributed by atoms with Crippen molar-refractivity contribution in [1.29, 1.82) is 0 Å². The maximum atomic E-state index is 11.0. The van der Waals surface area contributed by atoms with Crippen LogP contribution in [0.4, 0.5) is 0 Å². The fraction of sp³-hybridized carbons (Fsp3) is 0.286. The van der Waals surface area contributed by atoms with Crippen molar-refractivity contribution >= 4 is 17.6 Å². The number of aromatic nitrogens is 1. The molecule has 1 aromatic heterocycles. The molecule has 0 bridgehead atoms. The average molecular weight is 308 g/mol. The van der Waals surface area contributed by atoms with Crippen molar-refractivity contribution in [1.82, 2.24) is 5.16 Å². The second kappa shape index (κ2) is 4.39. The van der Waals surface area contributed by atoms with Gasteiger partial charge in [-0.2, -0.15) is 0 Å². The van der Waals surface area contributed by atoms with Crippen molar-refractivity contribution in [3.63, 3.8) is 0 Å². The molecule has 2 aromatic rings. The minimum absolute atomic E-state index is 0.209. The van der Waals surface area contributed by atoms with Crippen LogP contribution in [-0.2, 0) is 12.8 Å². The lowest BCUT2D eigenvalue weighted by Gasteiger charge is -2.12. The van der Waals surface area contributed by atoms with Gasteiger partial charge in [-0.1, -0.05) is 16.8 Å². The van der Waals surface area contributed by atoms with Gasteiger partial charge in [0.05, 0.1) is 23.8 Å². The van der Waals surface area contributed by atoms with E-state index in [1.165, 1.54) is 6.07 Å². The SMILES string of the molecule is O=C(O)c1cc(-c2c3c(c(Cl)c4c2OCC4)OCC3)no1. The zero-order chi connectivity index (χ0) is 14.6. The molecule has 1 aromatic carbocycles. The molecule has 0 amide bonds. The molecule has 0 unspecified atom stereocenters. The summed E-state index contributed by atoms with van der Waals surface area (Å²) in [7, 11) is 0. The third-order valence-electron chi connectivity index (χ3n) is 3.72. The summed E-state index contributed by atoms with van der Waals surface area (Å²) in [6.07, 6.45) is 1.37. The number of rotatable bonds is 2. The summed E-state index contributed by atoms with van der Waals surface area (Å²) in [6.45, 7) is 1.07. The summed E-state index contributed by atoms with van der Waals surface area (Å²) in [6, 6.07) is 1.39. The molecule has 2 aliphatic rings. The summed E-state index contributed by atoms with van der Waals surface area (Å²) in [5.41, 5.74) is 2.94. The molecule has 0 radical (unpaired) electrons. The maximum Gasteiger partial charge on any atom is 0.374 e. The Morgan fingerprint density at radius 1 is 1.19 bits per heavy atom. The lowest BCUT2D eigenvalue weighted by Crippen LogP contribution is -1.94. The van der Waals surface area contributed by atoms with Gasteiger partial charge in [-0.3, -0.25) is 0 Å². The number of aromatic carboxylic acids is 1. The van der Waals surface area contributed by atoms with Crippen LogP contribution >= 0.6 is 11.6 Å². The summed E-state index contributed by atoms with van der Waals surface area (Å²) < 4.78 is 16.2. The molecule has 21 heavy (non-hydrogen) atoms. The number of carboxylic acid groups (broad SMARTS) is 1. The molecule has 0 aliphatic carbocycles. The lowest BCUT2D eigenvalue weighted by molar-refractivity contribution is 0.0652. The number of hydrogen-bond acceptors (Lipinski definition) is 5. The first kappa shape index (κ1) is 12.5. The molecule has 0 saturated heterocycles. The largest absolute Gasteiger partial charge is 0.492 e. The fourth-order valence-corrected chi connectivity index (χ4v) is 3.17.